The summed E-state index contributed by atoms with van der Waals surface area (Å²) in [6, 6.07) is 7.85. The molecule has 2 aromatic rings. The number of anilines is 1. The minimum absolute atomic E-state index is 0.0149. The number of ether oxygens (including phenoxy) is 1. The van der Waals surface area contributed by atoms with Gasteiger partial charge in [-0.25, -0.2) is 4.98 Å². The standard InChI is InChI=1S/C15H19N3O2/c1-11-4-6-13(7-5-11)20-10-12(2)17-14-15(19)18(3)9-8-16-14/h4-9,12H,10H2,1-3H3,(H,16,17). The van der Waals surface area contributed by atoms with E-state index < -0.39 is 0 Å². The Kier molecular flexibility index (Phi) is 4.40. The zero-order valence-corrected chi connectivity index (χ0v) is 12.0. The summed E-state index contributed by atoms with van der Waals surface area (Å²) in [6.45, 7) is 4.44. The van der Waals surface area contributed by atoms with Crippen molar-refractivity contribution < 1.29 is 4.74 Å². The molecule has 5 heteroatoms. The molecule has 0 aliphatic carbocycles. The first-order chi connectivity index (χ1) is 9.56. The van der Waals surface area contributed by atoms with Gasteiger partial charge in [0.05, 0.1) is 6.04 Å². The minimum atomic E-state index is -0.144. The van der Waals surface area contributed by atoms with Gasteiger partial charge in [0.2, 0.25) is 0 Å². The Hall–Kier alpha value is -2.30. The maximum absolute atomic E-state index is 11.8. The summed E-state index contributed by atoms with van der Waals surface area (Å²) < 4.78 is 7.15. The number of hydrogen-bond acceptors (Lipinski definition) is 4. The molecule has 1 heterocycles. The minimum Gasteiger partial charge on any atom is -0.491 e. The normalized spacial score (nSPS) is 11.9. The Morgan fingerprint density at radius 2 is 2.05 bits per heavy atom. The van der Waals surface area contributed by atoms with Crippen molar-refractivity contribution in [1.29, 1.82) is 0 Å². The topological polar surface area (TPSA) is 56.1 Å². The van der Waals surface area contributed by atoms with Crippen LogP contribution < -0.4 is 15.6 Å². The number of hydrogen-bond donors (Lipinski definition) is 1. The van der Waals surface area contributed by atoms with Crippen molar-refractivity contribution in [3.63, 3.8) is 0 Å². The smallest absolute Gasteiger partial charge is 0.293 e. The summed E-state index contributed by atoms with van der Waals surface area (Å²) in [5.41, 5.74) is 1.05. The molecule has 1 aromatic heterocycles. The van der Waals surface area contributed by atoms with Gasteiger partial charge in [0.15, 0.2) is 5.82 Å². The van der Waals surface area contributed by atoms with Gasteiger partial charge in [-0.1, -0.05) is 17.7 Å². The van der Waals surface area contributed by atoms with Crippen molar-refractivity contribution >= 4 is 5.82 Å². The first-order valence-electron chi connectivity index (χ1n) is 6.54. The number of benzene rings is 1. The lowest BCUT2D eigenvalue weighted by Crippen LogP contribution is -2.30. The Balaban J connectivity index is 1.92. The maximum atomic E-state index is 11.8. The second-order valence-electron chi connectivity index (χ2n) is 4.86. The summed E-state index contributed by atoms with van der Waals surface area (Å²) in [7, 11) is 1.70. The number of rotatable bonds is 5. The first-order valence-corrected chi connectivity index (χ1v) is 6.54. The molecule has 0 aliphatic rings. The molecular weight excluding hydrogens is 254 g/mol. The molecule has 1 atom stereocenters. The largest absolute Gasteiger partial charge is 0.491 e. The molecule has 0 radical (unpaired) electrons. The van der Waals surface area contributed by atoms with E-state index in [-0.39, 0.29) is 11.6 Å². The van der Waals surface area contributed by atoms with Gasteiger partial charge >= 0.3 is 0 Å². The zero-order valence-electron chi connectivity index (χ0n) is 12.0. The van der Waals surface area contributed by atoms with E-state index in [4.69, 9.17) is 4.74 Å². The second kappa shape index (κ2) is 6.23. The van der Waals surface area contributed by atoms with Gasteiger partial charge in [0.25, 0.3) is 5.56 Å². The monoisotopic (exact) mass is 273 g/mol. The highest BCUT2D eigenvalue weighted by molar-refractivity contribution is 5.32. The molecule has 0 fully saturated rings. The summed E-state index contributed by atoms with van der Waals surface area (Å²) in [4.78, 5) is 15.9. The molecule has 1 unspecified atom stereocenters. The third kappa shape index (κ3) is 3.60. The SMILES string of the molecule is Cc1ccc(OCC(C)Nc2nccn(C)c2=O)cc1. The van der Waals surface area contributed by atoms with Gasteiger partial charge in [-0.05, 0) is 26.0 Å². The molecule has 0 aliphatic heterocycles. The van der Waals surface area contributed by atoms with E-state index in [0.717, 1.165) is 5.75 Å². The summed E-state index contributed by atoms with van der Waals surface area (Å²) in [6.07, 6.45) is 3.22. The molecule has 106 valence electrons. The zero-order chi connectivity index (χ0) is 14.5. The Labute approximate surface area is 118 Å². The van der Waals surface area contributed by atoms with Crippen molar-refractivity contribution in [2.24, 2.45) is 7.05 Å². The lowest BCUT2D eigenvalue weighted by atomic mass is 10.2. The number of nitrogens with one attached hydrogen (secondary N) is 1. The second-order valence-corrected chi connectivity index (χ2v) is 4.86. The molecule has 0 saturated heterocycles. The quantitative estimate of drug-likeness (QED) is 0.905. The average Bonchev–Trinajstić information content (AvgIpc) is 2.43. The van der Waals surface area contributed by atoms with Crippen molar-refractivity contribution in [3.05, 3.63) is 52.6 Å². The Bertz CT molecular complexity index is 620. The van der Waals surface area contributed by atoms with Gasteiger partial charge < -0.3 is 14.6 Å². The van der Waals surface area contributed by atoms with E-state index in [2.05, 4.69) is 10.3 Å². The summed E-state index contributed by atoms with van der Waals surface area (Å²) in [5, 5.41) is 3.06. The predicted molar refractivity (Wildman–Crippen MR) is 79.2 cm³/mol. The highest BCUT2D eigenvalue weighted by Gasteiger charge is 2.08. The van der Waals surface area contributed by atoms with E-state index in [1.54, 1.807) is 19.4 Å². The van der Waals surface area contributed by atoms with E-state index >= 15 is 0 Å². The van der Waals surface area contributed by atoms with Crippen LogP contribution in [0.2, 0.25) is 0 Å². The fourth-order valence-electron chi connectivity index (χ4n) is 1.73. The fraction of sp³-hybridized carbons (Fsp3) is 0.333. The lowest BCUT2D eigenvalue weighted by Gasteiger charge is -2.15. The molecule has 0 amide bonds. The maximum Gasteiger partial charge on any atom is 0.293 e. The van der Waals surface area contributed by atoms with E-state index in [1.807, 2.05) is 38.1 Å². The van der Waals surface area contributed by atoms with E-state index in [9.17, 15) is 4.79 Å². The van der Waals surface area contributed by atoms with Crippen LogP contribution in [0.15, 0.2) is 41.5 Å². The van der Waals surface area contributed by atoms with Gasteiger partial charge in [-0.2, -0.15) is 0 Å². The van der Waals surface area contributed by atoms with Gasteiger partial charge in [-0.15, -0.1) is 0 Å². The van der Waals surface area contributed by atoms with Crippen molar-refractivity contribution in [2.45, 2.75) is 19.9 Å². The van der Waals surface area contributed by atoms with Crippen LogP contribution in [0.5, 0.6) is 5.75 Å². The first kappa shape index (κ1) is 14.1. The lowest BCUT2D eigenvalue weighted by molar-refractivity contribution is 0.303. The van der Waals surface area contributed by atoms with Crippen molar-refractivity contribution in [2.75, 3.05) is 11.9 Å². The Morgan fingerprint density at radius 1 is 1.35 bits per heavy atom. The molecule has 0 bridgehead atoms. The van der Waals surface area contributed by atoms with Crippen LogP contribution in [0, 0.1) is 6.92 Å². The van der Waals surface area contributed by atoms with Crippen LogP contribution in [0.3, 0.4) is 0 Å². The number of nitrogens with zero attached hydrogens (tertiary/aromatic N) is 2. The molecule has 1 aromatic carbocycles. The van der Waals surface area contributed by atoms with E-state index in [0.29, 0.717) is 12.4 Å². The van der Waals surface area contributed by atoms with Crippen molar-refractivity contribution in [1.82, 2.24) is 9.55 Å². The molecular formula is C15H19N3O2. The summed E-state index contributed by atoms with van der Waals surface area (Å²) >= 11 is 0. The fourth-order valence-corrected chi connectivity index (χ4v) is 1.73. The third-order valence-electron chi connectivity index (χ3n) is 2.92. The third-order valence-corrected chi connectivity index (χ3v) is 2.92. The molecule has 5 nitrogen and oxygen atoms in total. The molecule has 0 saturated carbocycles. The van der Waals surface area contributed by atoms with E-state index in [1.165, 1.54) is 10.1 Å². The highest BCUT2D eigenvalue weighted by atomic mass is 16.5. The molecule has 20 heavy (non-hydrogen) atoms. The van der Waals surface area contributed by atoms with Crippen LogP contribution in [0.25, 0.3) is 0 Å². The molecule has 1 N–H and O–H groups in total. The van der Waals surface area contributed by atoms with Crippen LogP contribution in [-0.4, -0.2) is 22.2 Å². The summed E-state index contributed by atoms with van der Waals surface area (Å²) in [5.74, 6) is 1.16. The highest BCUT2D eigenvalue weighted by Crippen LogP contribution is 2.11. The van der Waals surface area contributed by atoms with Crippen molar-refractivity contribution in [3.8, 4) is 5.75 Å². The van der Waals surface area contributed by atoms with Gasteiger partial charge in [0, 0.05) is 19.4 Å². The van der Waals surface area contributed by atoms with Crippen LogP contribution >= 0.6 is 0 Å². The molecule has 2 rings (SSSR count). The van der Waals surface area contributed by atoms with Crippen LogP contribution in [0.4, 0.5) is 5.82 Å². The van der Waals surface area contributed by atoms with Crippen LogP contribution in [-0.2, 0) is 7.05 Å². The Morgan fingerprint density at radius 3 is 2.75 bits per heavy atom. The van der Waals surface area contributed by atoms with Gasteiger partial charge in [-0.3, -0.25) is 4.79 Å². The van der Waals surface area contributed by atoms with Gasteiger partial charge in [0.1, 0.15) is 12.4 Å². The predicted octanol–water partition coefficient (Wildman–Crippen LogP) is 1.97. The number of aromatic nitrogens is 2. The van der Waals surface area contributed by atoms with Crippen LogP contribution in [0.1, 0.15) is 12.5 Å². The molecule has 0 spiro atoms. The average molecular weight is 273 g/mol. The number of aryl methyl sites for hydroxylation is 2.